The fraction of sp³-hybridized carbons (Fsp3) is 0.619. The molecule has 1 aromatic rings. The van der Waals surface area contributed by atoms with Crippen molar-refractivity contribution in [3.05, 3.63) is 23.2 Å². The Kier molecular flexibility index (Phi) is 5.62. The van der Waals surface area contributed by atoms with Crippen LogP contribution in [0.5, 0.6) is 0 Å². The van der Waals surface area contributed by atoms with Gasteiger partial charge in [-0.05, 0) is 63.1 Å². The van der Waals surface area contributed by atoms with Gasteiger partial charge in [0.25, 0.3) is 0 Å². The van der Waals surface area contributed by atoms with Crippen LogP contribution in [0.25, 0.3) is 0 Å². The lowest BCUT2D eigenvalue weighted by Gasteiger charge is -2.41. The molecule has 158 valence electrons. The largest absolute Gasteiger partial charge is 0.465 e. The maximum absolute atomic E-state index is 13.4. The van der Waals surface area contributed by atoms with E-state index in [1.807, 2.05) is 6.07 Å². The number of halogens is 1. The van der Waals surface area contributed by atoms with E-state index >= 15 is 0 Å². The van der Waals surface area contributed by atoms with Crippen molar-refractivity contribution >= 4 is 35.0 Å². The molecular weight excluding hydrogens is 394 g/mol. The molecule has 1 saturated carbocycles. The van der Waals surface area contributed by atoms with Crippen LogP contribution in [0.1, 0.15) is 44.9 Å². The highest BCUT2D eigenvalue weighted by molar-refractivity contribution is 6.33. The molecule has 7 nitrogen and oxygen atoms in total. The number of nitrogens with zero attached hydrogens (tertiary/aromatic N) is 2. The summed E-state index contributed by atoms with van der Waals surface area (Å²) < 4.78 is 0. The molecule has 0 radical (unpaired) electrons. The van der Waals surface area contributed by atoms with Crippen molar-refractivity contribution in [2.24, 2.45) is 5.41 Å². The minimum absolute atomic E-state index is 0.219. The average Bonchev–Trinajstić information content (AvgIpc) is 2.98. The second kappa shape index (κ2) is 8.03. The number of carboxylic acid groups (broad SMARTS) is 1. The first-order chi connectivity index (χ1) is 13.9. The number of aliphatic hydroxyl groups is 1. The lowest BCUT2D eigenvalue weighted by molar-refractivity contribution is -0.139. The van der Waals surface area contributed by atoms with Crippen molar-refractivity contribution in [1.29, 1.82) is 0 Å². The van der Waals surface area contributed by atoms with Crippen LogP contribution in [-0.4, -0.2) is 58.9 Å². The minimum atomic E-state index is -1.13. The predicted octanol–water partition coefficient (Wildman–Crippen LogP) is 3.55. The molecule has 3 aliphatic rings. The molecule has 29 heavy (non-hydrogen) atoms. The number of anilines is 2. The summed E-state index contributed by atoms with van der Waals surface area (Å²) in [5.74, 6) is 0.254. The van der Waals surface area contributed by atoms with E-state index in [2.05, 4.69) is 15.1 Å². The smallest absolute Gasteiger partial charge is 0.409 e. The molecule has 1 aromatic carbocycles. The summed E-state index contributed by atoms with van der Waals surface area (Å²) in [6, 6.07) is 5.40. The van der Waals surface area contributed by atoms with Crippen LogP contribution in [0.15, 0.2) is 18.2 Å². The van der Waals surface area contributed by atoms with Gasteiger partial charge >= 0.3 is 6.09 Å². The number of amides is 2. The molecule has 0 aromatic heterocycles. The third-order valence-corrected chi connectivity index (χ3v) is 7.07. The Morgan fingerprint density at radius 2 is 1.93 bits per heavy atom. The summed E-state index contributed by atoms with van der Waals surface area (Å²) in [5, 5.41) is 21.4. The van der Waals surface area contributed by atoms with E-state index in [9.17, 15) is 14.7 Å². The van der Waals surface area contributed by atoms with E-state index in [1.165, 1.54) is 0 Å². The molecule has 1 atom stereocenters. The number of hydrogen-bond acceptors (Lipinski definition) is 4. The van der Waals surface area contributed by atoms with Crippen molar-refractivity contribution in [1.82, 2.24) is 4.90 Å². The van der Waals surface area contributed by atoms with E-state index in [1.54, 1.807) is 12.1 Å². The van der Waals surface area contributed by atoms with Crippen LogP contribution in [0.4, 0.5) is 16.2 Å². The number of benzene rings is 1. The number of likely N-dealkylation sites (tertiary alicyclic amines) is 1. The third-order valence-electron chi connectivity index (χ3n) is 6.77. The number of piperidine rings is 1. The summed E-state index contributed by atoms with van der Waals surface area (Å²) in [7, 11) is 0. The monoisotopic (exact) mass is 421 g/mol. The van der Waals surface area contributed by atoms with Crippen molar-refractivity contribution in [2.75, 3.05) is 29.9 Å². The lowest BCUT2D eigenvalue weighted by Crippen LogP contribution is -2.50. The van der Waals surface area contributed by atoms with Gasteiger partial charge in [0.15, 0.2) is 0 Å². The van der Waals surface area contributed by atoms with Gasteiger partial charge in [-0.25, -0.2) is 4.79 Å². The van der Waals surface area contributed by atoms with Crippen molar-refractivity contribution in [2.45, 2.75) is 57.1 Å². The second-order valence-electron chi connectivity index (χ2n) is 8.61. The van der Waals surface area contributed by atoms with Gasteiger partial charge in [0.2, 0.25) is 5.91 Å². The Bertz CT molecular complexity index is 796. The van der Waals surface area contributed by atoms with Gasteiger partial charge in [-0.3, -0.25) is 10.1 Å². The van der Waals surface area contributed by atoms with Gasteiger partial charge in [0.05, 0.1) is 22.2 Å². The third kappa shape index (κ3) is 4.03. The fourth-order valence-electron chi connectivity index (χ4n) is 5.25. The minimum Gasteiger partial charge on any atom is -0.465 e. The molecule has 2 heterocycles. The molecular formula is C21H28ClN3O4. The molecule has 4 rings (SSSR count). The average molecular weight is 422 g/mol. The zero-order valence-electron chi connectivity index (χ0n) is 16.4. The van der Waals surface area contributed by atoms with Crippen LogP contribution in [-0.2, 0) is 4.79 Å². The summed E-state index contributed by atoms with van der Waals surface area (Å²) in [5.41, 5.74) is 0.907. The Morgan fingerprint density at radius 1 is 1.17 bits per heavy atom. The Balaban J connectivity index is 1.48. The van der Waals surface area contributed by atoms with Crippen molar-refractivity contribution < 1.29 is 19.8 Å². The van der Waals surface area contributed by atoms with E-state index in [0.717, 1.165) is 63.7 Å². The first-order valence-corrected chi connectivity index (χ1v) is 10.8. The zero-order valence-corrected chi connectivity index (χ0v) is 17.2. The van der Waals surface area contributed by atoms with E-state index < -0.39 is 6.09 Å². The number of hydrogen-bond donors (Lipinski definition) is 3. The summed E-state index contributed by atoms with van der Waals surface area (Å²) in [6.45, 7) is 2.27. The molecule has 2 saturated heterocycles. The molecule has 3 fully saturated rings. The second-order valence-corrected chi connectivity index (χ2v) is 9.02. The summed E-state index contributed by atoms with van der Waals surface area (Å²) >= 11 is 6.45. The standard InChI is InChI=1S/C21H28ClN3O4/c22-17-12-14(23-20(28)29)2-7-18(17)24-10-1-8-21(13-24)9-11-25(19(21)27)15-3-5-16(26)6-4-15/h2,7,12,15-16,23,26H,1,3-6,8-11,13H2,(H,28,29)/t15?,16?,21-/m0/s1. The number of nitrogens with one attached hydrogen (secondary N) is 1. The van der Waals surface area contributed by atoms with Gasteiger partial charge in [-0.15, -0.1) is 0 Å². The van der Waals surface area contributed by atoms with Gasteiger partial charge < -0.3 is 20.0 Å². The molecule has 3 N–H and O–H groups in total. The Labute approximate surface area is 175 Å². The quantitative estimate of drug-likeness (QED) is 0.694. The molecule has 2 aliphatic heterocycles. The fourth-order valence-corrected chi connectivity index (χ4v) is 5.55. The van der Waals surface area contributed by atoms with Crippen LogP contribution >= 0.6 is 11.6 Å². The van der Waals surface area contributed by atoms with Gasteiger partial charge in [-0.2, -0.15) is 0 Å². The molecule has 2 amide bonds. The van der Waals surface area contributed by atoms with E-state index in [4.69, 9.17) is 16.7 Å². The van der Waals surface area contributed by atoms with Crippen LogP contribution in [0.2, 0.25) is 5.02 Å². The normalized spacial score (nSPS) is 30.1. The van der Waals surface area contributed by atoms with Crippen LogP contribution < -0.4 is 10.2 Å². The zero-order chi connectivity index (χ0) is 20.6. The highest BCUT2D eigenvalue weighted by Gasteiger charge is 2.50. The Hall–Kier alpha value is -1.99. The number of rotatable bonds is 3. The Morgan fingerprint density at radius 3 is 2.62 bits per heavy atom. The molecule has 0 bridgehead atoms. The van der Waals surface area contributed by atoms with E-state index in [0.29, 0.717) is 17.3 Å². The lowest BCUT2D eigenvalue weighted by atomic mass is 9.78. The van der Waals surface area contributed by atoms with Gasteiger partial charge in [0, 0.05) is 31.4 Å². The van der Waals surface area contributed by atoms with E-state index in [-0.39, 0.29) is 23.5 Å². The highest BCUT2D eigenvalue weighted by atomic mass is 35.5. The highest BCUT2D eigenvalue weighted by Crippen LogP contribution is 2.44. The predicted molar refractivity (Wildman–Crippen MR) is 112 cm³/mol. The number of aliphatic hydroxyl groups excluding tert-OH is 1. The molecule has 1 spiro atoms. The first-order valence-electron chi connectivity index (χ1n) is 10.4. The maximum atomic E-state index is 13.4. The molecule has 1 aliphatic carbocycles. The number of carbonyl (C=O) groups excluding carboxylic acids is 1. The molecule has 0 unspecified atom stereocenters. The van der Waals surface area contributed by atoms with Crippen LogP contribution in [0, 0.1) is 5.41 Å². The van der Waals surface area contributed by atoms with Crippen molar-refractivity contribution in [3.8, 4) is 0 Å². The topological polar surface area (TPSA) is 93.1 Å². The SMILES string of the molecule is O=C(O)Nc1ccc(N2CCC[C@]3(CCN(C4CCC(O)CC4)C3=O)C2)c(Cl)c1. The first kappa shape index (κ1) is 20.3. The van der Waals surface area contributed by atoms with Crippen LogP contribution in [0.3, 0.4) is 0 Å². The molecule has 8 heteroatoms. The maximum Gasteiger partial charge on any atom is 0.409 e. The summed E-state index contributed by atoms with van der Waals surface area (Å²) in [6.07, 6.45) is 4.66. The van der Waals surface area contributed by atoms with Gasteiger partial charge in [-0.1, -0.05) is 11.6 Å². The summed E-state index contributed by atoms with van der Waals surface area (Å²) in [4.78, 5) is 28.5. The number of carbonyl (C=O) groups is 2. The van der Waals surface area contributed by atoms with Crippen molar-refractivity contribution in [3.63, 3.8) is 0 Å². The van der Waals surface area contributed by atoms with Gasteiger partial charge in [0.1, 0.15) is 0 Å².